The smallest absolute Gasteiger partial charge is 0.119 e. The molecule has 230 valence electrons. The Balaban J connectivity index is 0.815. The standard InChI is InChI=1S/C43H36N2O2/c44-29-31-9-13-33(14-10-31)34-17-23-39(24-18-34)47-28-5-3-1-2-4-27-46-38-21-11-32(12-22-38)30-45-41-26-20-37-16-15-35-7-6-8-36-19-25-40(41)43(37)42(35)36/h6-26,30H,1-5,27-28H2. The Hall–Kier alpha value is -5.66. The molecule has 0 aliphatic heterocycles. The molecule has 0 aliphatic carbocycles. The predicted molar refractivity (Wildman–Crippen MR) is 195 cm³/mol. The van der Waals surface area contributed by atoms with Crippen LogP contribution in [-0.4, -0.2) is 19.4 Å². The van der Waals surface area contributed by atoms with E-state index >= 15 is 0 Å². The Morgan fingerprint density at radius 1 is 0.532 bits per heavy atom. The average molecular weight is 613 g/mol. The van der Waals surface area contributed by atoms with Crippen molar-refractivity contribution >= 4 is 44.2 Å². The third kappa shape index (κ3) is 6.95. The largest absolute Gasteiger partial charge is 0.494 e. The highest BCUT2D eigenvalue weighted by atomic mass is 16.5. The summed E-state index contributed by atoms with van der Waals surface area (Å²) >= 11 is 0. The Morgan fingerprint density at radius 3 is 1.70 bits per heavy atom. The van der Waals surface area contributed by atoms with Crippen molar-refractivity contribution in [3.63, 3.8) is 0 Å². The molecule has 7 aromatic rings. The van der Waals surface area contributed by atoms with E-state index in [0.29, 0.717) is 5.56 Å². The first kappa shape index (κ1) is 30.0. The van der Waals surface area contributed by atoms with Crippen molar-refractivity contribution in [1.82, 2.24) is 0 Å². The number of aliphatic imine (C=N–C) groups is 1. The fourth-order valence-corrected chi connectivity index (χ4v) is 6.22. The monoisotopic (exact) mass is 612 g/mol. The molecule has 0 aromatic heterocycles. The van der Waals surface area contributed by atoms with Gasteiger partial charge < -0.3 is 9.47 Å². The molecule has 0 unspecified atom stereocenters. The first-order chi connectivity index (χ1) is 23.2. The minimum atomic E-state index is 0.672. The lowest BCUT2D eigenvalue weighted by molar-refractivity contribution is 0.293. The quantitative estimate of drug-likeness (QED) is 0.0739. The second-order valence-electron chi connectivity index (χ2n) is 11.9. The number of ether oxygens (including phenoxy) is 2. The molecule has 0 N–H and O–H groups in total. The van der Waals surface area contributed by atoms with Crippen LogP contribution in [0.3, 0.4) is 0 Å². The molecule has 0 fully saturated rings. The molecular weight excluding hydrogens is 576 g/mol. The number of nitriles is 1. The summed E-state index contributed by atoms with van der Waals surface area (Å²) in [5.41, 5.74) is 4.91. The van der Waals surface area contributed by atoms with Gasteiger partial charge in [0.25, 0.3) is 0 Å². The highest BCUT2D eigenvalue weighted by Crippen LogP contribution is 2.38. The van der Waals surface area contributed by atoms with Crippen molar-refractivity contribution < 1.29 is 9.47 Å². The van der Waals surface area contributed by atoms with Crippen LogP contribution in [0.1, 0.15) is 43.2 Å². The lowest BCUT2D eigenvalue weighted by atomic mass is 9.93. The van der Waals surface area contributed by atoms with Gasteiger partial charge >= 0.3 is 0 Å². The van der Waals surface area contributed by atoms with Crippen LogP contribution in [0, 0.1) is 11.3 Å². The second kappa shape index (κ2) is 14.2. The van der Waals surface area contributed by atoms with Crippen LogP contribution in [-0.2, 0) is 0 Å². The molecule has 0 amide bonds. The lowest BCUT2D eigenvalue weighted by Crippen LogP contribution is -1.99. The van der Waals surface area contributed by atoms with Gasteiger partial charge in [-0.2, -0.15) is 5.26 Å². The van der Waals surface area contributed by atoms with Crippen molar-refractivity contribution in [2.45, 2.75) is 32.1 Å². The third-order valence-corrected chi connectivity index (χ3v) is 8.77. The number of hydrogen-bond acceptors (Lipinski definition) is 4. The highest BCUT2D eigenvalue weighted by Gasteiger charge is 2.10. The molecular formula is C43H36N2O2. The van der Waals surface area contributed by atoms with Crippen molar-refractivity contribution in [2.75, 3.05) is 13.2 Å². The van der Waals surface area contributed by atoms with Crippen LogP contribution >= 0.6 is 0 Å². The summed E-state index contributed by atoms with van der Waals surface area (Å²) in [6.45, 7) is 1.44. The summed E-state index contributed by atoms with van der Waals surface area (Å²) in [5, 5.41) is 16.5. The molecule has 7 aromatic carbocycles. The van der Waals surface area contributed by atoms with E-state index in [1.165, 1.54) is 38.7 Å². The van der Waals surface area contributed by atoms with Crippen LogP contribution in [0.25, 0.3) is 43.4 Å². The lowest BCUT2D eigenvalue weighted by Gasteiger charge is -2.12. The molecule has 0 saturated heterocycles. The molecule has 7 rings (SSSR count). The van der Waals surface area contributed by atoms with Crippen LogP contribution in [0.2, 0.25) is 0 Å². The van der Waals surface area contributed by atoms with Gasteiger partial charge in [-0.25, -0.2) is 0 Å². The van der Waals surface area contributed by atoms with E-state index in [4.69, 9.17) is 19.7 Å². The van der Waals surface area contributed by atoms with Gasteiger partial charge in [-0.05, 0) is 111 Å². The number of unbranched alkanes of at least 4 members (excludes halogenated alkanes) is 4. The number of rotatable bonds is 13. The van der Waals surface area contributed by atoms with Crippen molar-refractivity contribution in [2.24, 2.45) is 4.99 Å². The Labute approximate surface area is 275 Å². The van der Waals surface area contributed by atoms with Crippen LogP contribution in [0.15, 0.2) is 132 Å². The third-order valence-electron chi connectivity index (χ3n) is 8.77. The Bertz CT molecular complexity index is 2140. The van der Waals surface area contributed by atoms with Crippen LogP contribution in [0.4, 0.5) is 5.69 Å². The minimum Gasteiger partial charge on any atom is -0.494 e. The van der Waals surface area contributed by atoms with Gasteiger partial charge in [0.1, 0.15) is 11.5 Å². The minimum absolute atomic E-state index is 0.672. The van der Waals surface area contributed by atoms with Crippen LogP contribution in [0.5, 0.6) is 11.5 Å². The summed E-state index contributed by atoms with van der Waals surface area (Å²) in [6.07, 6.45) is 7.47. The summed E-state index contributed by atoms with van der Waals surface area (Å²) in [4.78, 5) is 4.88. The van der Waals surface area contributed by atoms with E-state index in [2.05, 4.69) is 84.9 Å². The number of benzene rings is 7. The van der Waals surface area contributed by atoms with Gasteiger partial charge in [0.2, 0.25) is 0 Å². The molecule has 0 bridgehead atoms. The van der Waals surface area contributed by atoms with E-state index in [1.807, 2.05) is 54.7 Å². The maximum Gasteiger partial charge on any atom is 0.119 e. The van der Waals surface area contributed by atoms with Crippen molar-refractivity contribution in [3.8, 4) is 28.7 Å². The summed E-state index contributed by atoms with van der Waals surface area (Å²) in [6, 6.07) is 45.7. The summed E-state index contributed by atoms with van der Waals surface area (Å²) in [7, 11) is 0. The molecule has 0 saturated carbocycles. The normalized spacial score (nSPS) is 11.5. The Morgan fingerprint density at radius 2 is 1.06 bits per heavy atom. The van der Waals surface area contributed by atoms with Gasteiger partial charge in [-0.15, -0.1) is 0 Å². The molecule has 4 heteroatoms. The van der Waals surface area contributed by atoms with Gasteiger partial charge in [-0.1, -0.05) is 92.1 Å². The van der Waals surface area contributed by atoms with E-state index < -0.39 is 0 Å². The topological polar surface area (TPSA) is 54.6 Å². The van der Waals surface area contributed by atoms with E-state index in [1.54, 1.807) is 0 Å². The molecule has 0 heterocycles. The SMILES string of the molecule is N#Cc1ccc(-c2ccc(OCCCCCCCOc3ccc(C=Nc4ccc5ccc6cccc7ccc4c5c67)cc3)cc2)cc1. The van der Waals surface area contributed by atoms with E-state index in [9.17, 15) is 0 Å². The zero-order valence-electron chi connectivity index (χ0n) is 26.4. The number of hydrogen-bond donors (Lipinski definition) is 0. The maximum atomic E-state index is 8.97. The van der Waals surface area contributed by atoms with Crippen molar-refractivity contribution in [1.29, 1.82) is 5.26 Å². The molecule has 0 spiro atoms. The van der Waals surface area contributed by atoms with Gasteiger partial charge in [0, 0.05) is 11.6 Å². The van der Waals surface area contributed by atoms with Crippen molar-refractivity contribution in [3.05, 3.63) is 139 Å². The van der Waals surface area contributed by atoms with Gasteiger partial charge in [0.05, 0.1) is 30.5 Å². The van der Waals surface area contributed by atoms with E-state index in [-0.39, 0.29) is 0 Å². The van der Waals surface area contributed by atoms with Gasteiger partial charge in [0.15, 0.2) is 0 Å². The van der Waals surface area contributed by atoms with Gasteiger partial charge in [-0.3, -0.25) is 4.99 Å². The average Bonchev–Trinajstić information content (AvgIpc) is 3.13. The summed E-state index contributed by atoms with van der Waals surface area (Å²) < 4.78 is 11.9. The van der Waals surface area contributed by atoms with Crippen LogP contribution < -0.4 is 9.47 Å². The number of nitrogens with zero attached hydrogens (tertiary/aromatic N) is 2. The Kier molecular flexibility index (Phi) is 9.06. The summed E-state index contributed by atoms with van der Waals surface area (Å²) in [5.74, 6) is 1.78. The zero-order valence-corrected chi connectivity index (χ0v) is 26.4. The molecule has 0 radical (unpaired) electrons. The molecule has 0 atom stereocenters. The fraction of sp³-hybridized carbons (Fsp3) is 0.163. The zero-order chi connectivity index (χ0) is 31.8. The second-order valence-corrected chi connectivity index (χ2v) is 11.9. The highest BCUT2D eigenvalue weighted by molar-refractivity contribution is 6.25. The first-order valence-electron chi connectivity index (χ1n) is 16.4. The predicted octanol–water partition coefficient (Wildman–Crippen LogP) is 11.3. The molecule has 4 nitrogen and oxygen atoms in total. The fourth-order valence-electron chi connectivity index (χ4n) is 6.22. The molecule has 47 heavy (non-hydrogen) atoms. The maximum absolute atomic E-state index is 8.97. The molecule has 0 aliphatic rings. The first-order valence-corrected chi connectivity index (χ1v) is 16.4. The van der Waals surface area contributed by atoms with E-state index in [0.717, 1.165) is 72.8 Å².